The van der Waals surface area contributed by atoms with Gasteiger partial charge in [0.1, 0.15) is 9.79 Å². The standard InChI is InChI=1S/2C10H10N2O3S.C6H7NO6S2/c11-9-3-4-10(12)8-5-6(16(13,14)15)1-2-7(8)9;11-7-4-5-8(12)10-6(7)2-1-3-9(10)16(13,14)15;7-5-3-4(14(8,9)10)1-2-6(5)15(11,12)13/h2*1-5H,11-12H2,(H,13,14,15);1-3H,7H2,(H,8,9,10)(H,11,12,13). The second-order valence-corrected chi connectivity index (χ2v) is 15.1. The van der Waals surface area contributed by atoms with E-state index < -0.39 is 56.0 Å². The summed E-state index contributed by atoms with van der Waals surface area (Å²) in [4.78, 5) is -1.59. The number of hydrogen-bond donors (Lipinski definition) is 9. The first-order valence-electron chi connectivity index (χ1n) is 12.4. The van der Waals surface area contributed by atoms with Crippen LogP contribution in [0.25, 0.3) is 21.5 Å². The highest BCUT2D eigenvalue weighted by molar-refractivity contribution is 7.86. The predicted molar refractivity (Wildman–Crippen MR) is 176 cm³/mol. The van der Waals surface area contributed by atoms with Crippen LogP contribution in [0.3, 0.4) is 0 Å². The van der Waals surface area contributed by atoms with Crippen LogP contribution in [-0.2, 0) is 40.5 Å². The highest BCUT2D eigenvalue weighted by Crippen LogP contribution is 2.32. The fraction of sp³-hybridized carbons (Fsp3) is 0. The molecule has 5 aromatic rings. The second kappa shape index (κ2) is 13.2. The maximum Gasteiger partial charge on any atom is 0.296 e. The van der Waals surface area contributed by atoms with Crippen LogP contribution in [0.1, 0.15) is 0 Å². The SMILES string of the molecule is Nc1cc(S(=O)(=O)O)ccc1S(=O)(=O)O.Nc1ccc(N)c2c(S(=O)(=O)O)cccc12.Nc1ccc(N)c2cc(S(=O)(=O)O)ccc12. The van der Waals surface area contributed by atoms with Crippen molar-refractivity contribution in [2.75, 3.05) is 28.7 Å². The Bertz CT molecular complexity index is 2460. The zero-order valence-corrected chi connectivity index (χ0v) is 26.8. The monoisotopic (exact) mass is 729 g/mol. The normalized spacial score (nSPS) is 12.1. The summed E-state index contributed by atoms with van der Waals surface area (Å²) >= 11 is 0. The molecular formula is C26H27N5O12S4. The van der Waals surface area contributed by atoms with Crippen molar-refractivity contribution in [3.05, 3.63) is 78.9 Å². The van der Waals surface area contributed by atoms with E-state index in [0.717, 1.165) is 18.2 Å². The quantitative estimate of drug-likeness (QED) is 0.0945. The van der Waals surface area contributed by atoms with Crippen LogP contribution in [0.4, 0.5) is 28.4 Å². The average molecular weight is 730 g/mol. The third kappa shape index (κ3) is 8.75. The molecule has 0 radical (unpaired) electrons. The van der Waals surface area contributed by atoms with Crippen LogP contribution in [0.5, 0.6) is 0 Å². The molecule has 0 heterocycles. The summed E-state index contributed by atoms with van der Waals surface area (Å²) in [5, 5.41) is 1.93. The van der Waals surface area contributed by atoms with Gasteiger partial charge in [-0.15, -0.1) is 0 Å². The van der Waals surface area contributed by atoms with Gasteiger partial charge in [0, 0.05) is 44.3 Å². The van der Waals surface area contributed by atoms with E-state index in [9.17, 15) is 33.7 Å². The summed E-state index contributed by atoms with van der Waals surface area (Å²) in [5.74, 6) is 0. The Balaban J connectivity index is 0.000000192. The number of benzene rings is 5. The van der Waals surface area contributed by atoms with Crippen molar-refractivity contribution >= 4 is 90.5 Å². The minimum atomic E-state index is -4.50. The molecule has 252 valence electrons. The lowest BCUT2D eigenvalue weighted by Gasteiger charge is -2.08. The van der Waals surface area contributed by atoms with E-state index in [2.05, 4.69) is 0 Å². The van der Waals surface area contributed by atoms with Gasteiger partial charge in [0.25, 0.3) is 40.5 Å². The molecule has 0 saturated heterocycles. The van der Waals surface area contributed by atoms with Crippen LogP contribution in [0, 0.1) is 0 Å². The van der Waals surface area contributed by atoms with Crippen LogP contribution in [0.15, 0.2) is 98.4 Å². The number of fused-ring (bicyclic) bond motifs is 2. The molecule has 0 aromatic heterocycles. The molecule has 5 rings (SSSR count). The first-order valence-corrected chi connectivity index (χ1v) is 18.1. The Morgan fingerprint density at radius 2 is 0.830 bits per heavy atom. The molecule has 5 aromatic carbocycles. The van der Waals surface area contributed by atoms with Crippen molar-refractivity contribution < 1.29 is 51.9 Å². The average Bonchev–Trinajstić information content (AvgIpc) is 2.95. The largest absolute Gasteiger partial charge is 0.398 e. The molecule has 0 unspecified atom stereocenters. The number of nitrogens with two attached hydrogens (primary N) is 5. The molecule has 0 bridgehead atoms. The van der Waals surface area contributed by atoms with Crippen molar-refractivity contribution in [3.63, 3.8) is 0 Å². The van der Waals surface area contributed by atoms with Gasteiger partial charge >= 0.3 is 0 Å². The van der Waals surface area contributed by atoms with Crippen molar-refractivity contribution in [3.8, 4) is 0 Å². The summed E-state index contributed by atoms with van der Waals surface area (Å²) in [6.07, 6.45) is 0. The minimum Gasteiger partial charge on any atom is -0.398 e. The van der Waals surface area contributed by atoms with Crippen LogP contribution in [0.2, 0.25) is 0 Å². The van der Waals surface area contributed by atoms with Gasteiger partial charge in [0.2, 0.25) is 0 Å². The molecule has 17 nitrogen and oxygen atoms in total. The summed E-state index contributed by atoms with van der Waals surface area (Å²) < 4.78 is 122. The maximum absolute atomic E-state index is 11.2. The summed E-state index contributed by atoms with van der Waals surface area (Å²) in [5.41, 5.74) is 29.1. The van der Waals surface area contributed by atoms with Gasteiger partial charge in [-0.25, -0.2) is 0 Å². The molecule has 47 heavy (non-hydrogen) atoms. The second-order valence-electron chi connectivity index (χ2n) is 9.47. The predicted octanol–water partition coefficient (Wildman–Crippen LogP) is 2.26. The van der Waals surface area contributed by atoms with Gasteiger partial charge in [-0.05, 0) is 60.7 Å². The van der Waals surface area contributed by atoms with E-state index in [4.69, 9.17) is 46.9 Å². The van der Waals surface area contributed by atoms with Gasteiger partial charge in [-0.2, -0.15) is 33.7 Å². The van der Waals surface area contributed by atoms with E-state index in [1.165, 1.54) is 36.4 Å². The fourth-order valence-corrected chi connectivity index (χ4v) is 6.45. The number of nitrogen functional groups attached to an aromatic ring is 5. The Morgan fingerprint density at radius 1 is 0.383 bits per heavy atom. The van der Waals surface area contributed by atoms with E-state index in [1.54, 1.807) is 24.3 Å². The van der Waals surface area contributed by atoms with Gasteiger partial charge in [0.15, 0.2) is 0 Å². The summed E-state index contributed by atoms with van der Waals surface area (Å²) in [6.45, 7) is 0. The van der Waals surface area contributed by atoms with Gasteiger partial charge in [-0.3, -0.25) is 18.2 Å². The van der Waals surface area contributed by atoms with Crippen LogP contribution >= 0.6 is 0 Å². The summed E-state index contributed by atoms with van der Waals surface area (Å²) in [6, 6.07) is 17.2. The van der Waals surface area contributed by atoms with Gasteiger partial charge in [-0.1, -0.05) is 18.2 Å². The lowest BCUT2D eigenvalue weighted by molar-refractivity contribution is 0.479. The van der Waals surface area contributed by atoms with Crippen molar-refractivity contribution in [1.29, 1.82) is 0 Å². The molecule has 0 fully saturated rings. The molecule has 0 saturated carbocycles. The van der Waals surface area contributed by atoms with Gasteiger partial charge in [0.05, 0.1) is 15.5 Å². The van der Waals surface area contributed by atoms with Crippen molar-refractivity contribution in [2.24, 2.45) is 0 Å². The van der Waals surface area contributed by atoms with Crippen LogP contribution < -0.4 is 28.7 Å². The maximum atomic E-state index is 11.2. The highest BCUT2D eigenvalue weighted by atomic mass is 32.2. The molecule has 0 spiro atoms. The number of rotatable bonds is 4. The first kappa shape index (κ1) is 36.7. The summed E-state index contributed by atoms with van der Waals surface area (Å²) in [7, 11) is -17.5. The molecule has 21 heteroatoms. The van der Waals surface area contributed by atoms with Crippen molar-refractivity contribution in [2.45, 2.75) is 19.6 Å². The van der Waals surface area contributed by atoms with Crippen LogP contribution in [-0.4, -0.2) is 51.9 Å². The Morgan fingerprint density at radius 3 is 1.32 bits per heavy atom. The topological polar surface area (TPSA) is 348 Å². The van der Waals surface area contributed by atoms with Crippen molar-refractivity contribution in [1.82, 2.24) is 0 Å². The van der Waals surface area contributed by atoms with E-state index in [1.807, 2.05) is 0 Å². The van der Waals surface area contributed by atoms with E-state index in [0.29, 0.717) is 33.2 Å². The van der Waals surface area contributed by atoms with E-state index >= 15 is 0 Å². The third-order valence-electron chi connectivity index (χ3n) is 6.26. The molecule has 0 aliphatic heterocycles. The van der Waals surface area contributed by atoms with E-state index in [-0.39, 0.29) is 20.9 Å². The number of anilines is 5. The molecule has 14 N–H and O–H groups in total. The Labute approximate surface area is 268 Å². The highest BCUT2D eigenvalue weighted by Gasteiger charge is 2.18. The minimum absolute atomic E-state index is 0.197. The third-order valence-corrected chi connectivity index (χ3v) is 9.78. The molecule has 0 amide bonds. The first-order chi connectivity index (χ1) is 21.4. The zero-order chi connectivity index (χ0) is 35.7. The zero-order valence-electron chi connectivity index (χ0n) is 23.6. The smallest absolute Gasteiger partial charge is 0.296 e. The lowest BCUT2D eigenvalue weighted by atomic mass is 10.1. The molecule has 0 aliphatic carbocycles. The van der Waals surface area contributed by atoms with Gasteiger partial charge < -0.3 is 28.7 Å². The fourth-order valence-electron chi connectivity index (χ4n) is 4.09. The Kier molecular flexibility index (Phi) is 10.3. The number of hydrogen-bond acceptors (Lipinski definition) is 13. The lowest BCUT2D eigenvalue weighted by Crippen LogP contribution is -2.05. The molecule has 0 atom stereocenters. The molecular weight excluding hydrogens is 703 g/mol. The molecule has 0 aliphatic rings. The Hall–Kier alpha value is -4.74.